The lowest BCUT2D eigenvalue weighted by Gasteiger charge is -2.24. The van der Waals surface area contributed by atoms with Crippen molar-refractivity contribution in [3.63, 3.8) is 0 Å². The Morgan fingerprint density at radius 1 is 1.27 bits per heavy atom. The Balaban J connectivity index is 2.93. The van der Waals surface area contributed by atoms with Crippen molar-refractivity contribution in [1.82, 2.24) is 0 Å². The van der Waals surface area contributed by atoms with E-state index in [1.165, 1.54) is 12.0 Å². The number of hydrogen-bond acceptors (Lipinski definition) is 2. The number of thiol groups is 1. The van der Waals surface area contributed by atoms with E-state index in [9.17, 15) is 0 Å². The lowest BCUT2D eigenvalue weighted by atomic mass is 9.87. The van der Waals surface area contributed by atoms with Gasteiger partial charge in [-0.1, -0.05) is 38.5 Å². The summed E-state index contributed by atoms with van der Waals surface area (Å²) < 4.78 is 0. The van der Waals surface area contributed by atoms with Crippen molar-refractivity contribution in [1.29, 1.82) is 0 Å². The van der Waals surface area contributed by atoms with Crippen molar-refractivity contribution in [3.05, 3.63) is 29.8 Å². The largest absolute Gasteiger partial charge is 0.327 e. The highest BCUT2D eigenvalue weighted by Gasteiger charge is 2.18. The summed E-state index contributed by atoms with van der Waals surface area (Å²) in [6, 6.07) is 8.53. The van der Waals surface area contributed by atoms with Crippen LogP contribution in [0.2, 0.25) is 0 Å². The number of hydrogen-bond donors (Lipinski definition) is 2. The van der Waals surface area contributed by atoms with Crippen LogP contribution in [0.1, 0.15) is 44.6 Å². The summed E-state index contributed by atoms with van der Waals surface area (Å²) in [7, 11) is 0. The summed E-state index contributed by atoms with van der Waals surface area (Å²) in [5.74, 6) is 0.452. The standard InChI is InChI=1S/C13H21NS/c1-3-7-10(12(14)4-2)11-8-5-6-9-13(11)15/h5-6,8-10,12,15H,3-4,7,14H2,1-2H3. The second kappa shape index (κ2) is 6.19. The highest BCUT2D eigenvalue weighted by atomic mass is 32.1. The van der Waals surface area contributed by atoms with Gasteiger partial charge in [0.2, 0.25) is 0 Å². The predicted octanol–water partition coefficient (Wildman–Crippen LogP) is 3.60. The molecule has 0 saturated heterocycles. The number of nitrogens with two attached hydrogens (primary N) is 1. The van der Waals surface area contributed by atoms with E-state index in [4.69, 9.17) is 5.73 Å². The van der Waals surface area contributed by atoms with Gasteiger partial charge in [-0.3, -0.25) is 0 Å². The molecule has 1 aromatic carbocycles. The van der Waals surface area contributed by atoms with Crippen LogP contribution < -0.4 is 5.73 Å². The van der Waals surface area contributed by atoms with Crippen LogP contribution in [0.4, 0.5) is 0 Å². The molecule has 0 aromatic heterocycles. The lowest BCUT2D eigenvalue weighted by Crippen LogP contribution is -2.27. The fourth-order valence-corrected chi connectivity index (χ4v) is 2.32. The molecule has 0 spiro atoms. The van der Waals surface area contributed by atoms with Crippen LogP contribution in [0.25, 0.3) is 0 Å². The van der Waals surface area contributed by atoms with E-state index in [0.29, 0.717) is 5.92 Å². The van der Waals surface area contributed by atoms with Crippen LogP contribution in [0.15, 0.2) is 29.2 Å². The van der Waals surface area contributed by atoms with E-state index in [1.807, 2.05) is 12.1 Å². The molecule has 0 radical (unpaired) electrons. The highest BCUT2D eigenvalue weighted by Crippen LogP contribution is 2.29. The first-order valence-electron chi connectivity index (χ1n) is 5.74. The average Bonchev–Trinajstić information content (AvgIpc) is 2.26. The molecule has 1 nitrogen and oxygen atoms in total. The van der Waals surface area contributed by atoms with Crippen molar-refractivity contribution >= 4 is 12.6 Å². The van der Waals surface area contributed by atoms with Gasteiger partial charge in [-0.15, -0.1) is 12.6 Å². The molecule has 2 heteroatoms. The molecule has 2 unspecified atom stereocenters. The monoisotopic (exact) mass is 223 g/mol. The van der Waals surface area contributed by atoms with E-state index >= 15 is 0 Å². The van der Waals surface area contributed by atoms with Crippen LogP contribution in [0.5, 0.6) is 0 Å². The van der Waals surface area contributed by atoms with Gasteiger partial charge in [-0.25, -0.2) is 0 Å². The molecule has 0 aliphatic heterocycles. The normalized spacial score (nSPS) is 14.9. The molecule has 84 valence electrons. The van der Waals surface area contributed by atoms with Crippen LogP contribution in [0.3, 0.4) is 0 Å². The Morgan fingerprint density at radius 3 is 2.47 bits per heavy atom. The minimum Gasteiger partial charge on any atom is -0.327 e. The summed E-state index contributed by atoms with van der Waals surface area (Å²) >= 11 is 4.51. The van der Waals surface area contributed by atoms with E-state index in [1.54, 1.807) is 0 Å². The van der Waals surface area contributed by atoms with Crippen molar-refractivity contribution in [2.75, 3.05) is 0 Å². The third-order valence-corrected chi connectivity index (χ3v) is 3.33. The Kier molecular flexibility index (Phi) is 5.20. The summed E-state index contributed by atoms with van der Waals surface area (Å²) in [6.45, 7) is 4.35. The molecular formula is C13H21NS. The molecule has 0 amide bonds. The highest BCUT2D eigenvalue weighted by molar-refractivity contribution is 7.80. The smallest absolute Gasteiger partial charge is 0.0106 e. The van der Waals surface area contributed by atoms with Gasteiger partial charge < -0.3 is 5.73 Å². The topological polar surface area (TPSA) is 26.0 Å². The van der Waals surface area contributed by atoms with Crippen molar-refractivity contribution < 1.29 is 0 Å². The van der Waals surface area contributed by atoms with Crippen molar-refractivity contribution in [2.45, 2.75) is 50.0 Å². The average molecular weight is 223 g/mol. The molecule has 1 aromatic rings. The summed E-state index contributed by atoms with van der Waals surface area (Å²) in [5, 5.41) is 0. The van der Waals surface area contributed by atoms with Crippen LogP contribution in [0, 0.1) is 0 Å². The van der Waals surface area contributed by atoms with Gasteiger partial charge in [0.1, 0.15) is 0 Å². The molecule has 0 heterocycles. The van der Waals surface area contributed by atoms with Gasteiger partial charge in [0, 0.05) is 16.9 Å². The van der Waals surface area contributed by atoms with Gasteiger partial charge in [-0.2, -0.15) is 0 Å². The maximum Gasteiger partial charge on any atom is 0.0106 e. The quantitative estimate of drug-likeness (QED) is 0.733. The molecule has 2 N–H and O–H groups in total. The second-order valence-electron chi connectivity index (χ2n) is 4.03. The molecule has 0 aliphatic rings. The molecule has 2 atom stereocenters. The fraction of sp³-hybridized carbons (Fsp3) is 0.538. The van der Waals surface area contributed by atoms with E-state index in [2.05, 4.69) is 38.6 Å². The van der Waals surface area contributed by atoms with E-state index < -0.39 is 0 Å². The SMILES string of the molecule is CCCC(c1ccccc1S)C(N)CC. The van der Waals surface area contributed by atoms with Crippen LogP contribution >= 0.6 is 12.6 Å². The molecule has 0 aliphatic carbocycles. The van der Waals surface area contributed by atoms with Crippen molar-refractivity contribution in [3.8, 4) is 0 Å². The first kappa shape index (κ1) is 12.6. The number of rotatable bonds is 5. The number of benzene rings is 1. The molecule has 15 heavy (non-hydrogen) atoms. The Morgan fingerprint density at radius 2 is 1.93 bits per heavy atom. The zero-order chi connectivity index (χ0) is 11.3. The van der Waals surface area contributed by atoms with E-state index in [-0.39, 0.29) is 6.04 Å². The van der Waals surface area contributed by atoms with Gasteiger partial charge in [0.25, 0.3) is 0 Å². The maximum atomic E-state index is 6.17. The molecular weight excluding hydrogens is 202 g/mol. The van der Waals surface area contributed by atoms with Gasteiger partial charge in [-0.05, 0) is 24.5 Å². The third kappa shape index (κ3) is 3.25. The minimum atomic E-state index is 0.248. The second-order valence-corrected chi connectivity index (χ2v) is 4.51. The van der Waals surface area contributed by atoms with Gasteiger partial charge >= 0.3 is 0 Å². The Hall–Kier alpha value is -0.470. The fourth-order valence-electron chi connectivity index (χ4n) is 2.00. The Bertz CT molecular complexity index is 298. The first-order valence-corrected chi connectivity index (χ1v) is 6.18. The summed E-state index contributed by atoms with van der Waals surface area (Å²) in [4.78, 5) is 1.07. The lowest BCUT2D eigenvalue weighted by molar-refractivity contribution is 0.478. The zero-order valence-electron chi connectivity index (χ0n) is 9.61. The minimum absolute atomic E-state index is 0.248. The van der Waals surface area contributed by atoms with Crippen molar-refractivity contribution in [2.24, 2.45) is 5.73 Å². The molecule has 0 fully saturated rings. The summed E-state index contributed by atoms with van der Waals surface area (Å²) in [6.07, 6.45) is 3.33. The summed E-state index contributed by atoms with van der Waals surface area (Å²) in [5.41, 5.74) is 7.47. The maximum absolute atomic E-state index is 6.17. The third-order valence-electron chi connectivity index (χ3n) is 2.92. The first-order chi connectivity index (χ1) is 7.20. The van der Waals surface area contributed by atoms with Gasteiger partial charge in [0.05, 0.1) is 0 Å². The zero-order valence-corrected chi connectivity index (χ0v) is 10.5. The molecule has 1 rings (SSSR count). The van der Waals surface area contributed by atoms with Gasteiger partial charge in [0.15, 0.2) is 0 Å². The van der Waals surface area contributed by atoms with Crippen LogP contribution in [-0.2, 0) is 0 Å². The Labute approximate surface area is 98.5 Å². The van der Waals surface area contributed by atoms with Crippen LogP contribution in [-0.4, -0.2) is 6.04 Å². The predicted molar refractivity (Wildman–Crippen MR) is 69.6 cm³/mol. The molecule has 0 saturated carbocycles. The van der Waals surface area contributed by atoms with E-state index in [0.717, 1.165) is 17.7 Å². The molecule has 0 bridgehead atoms.